The average molecular weight is 267 g/mol. The van der Waals surface area contributed by atoms with Gasteiger partial charge < -0.3 is 10.4 Å². The van der Waals surface area contributed by atoms with Crippen molar-refractivity contribution in [2.45, 2.75) is 47.1 Å². The van der Waals surface area contributed by atoms with E-state index in [1.54, 1.807) is 0 Å². The maximum absolute atomic E-state index is 9.12. The molecule has 1 unspecified atom stereocenters. The Kier molecular flexibility index (Phi) is 6.52. The molecule has 4 nitrogen and oxygen atoms in total. The fourth-order valence-corrected chi connectivity index (χ4v) is 2.63. The highest BCUT2D eigenvalue weighted by Gasteiger charge is 2.12. The molecule has 1 atom stereocenters. The van der Waals surface area contributed by atoms with E-state index < -0.39 is 0 Å². The van der Waals surface area contributed by atoms with Crippen LogP contribution in [0.1, 0.15) is 43.6 Å². The van der Waals surface area contributed by atoms with Gasteiger partial charge in [-0.15, -0.1) is 0 Å². The topological polar surface area (TPSA) is 50.1 Å². The second-order valence-electron chi connectivity index (χ2n) is 5.91. The van der Waals surface area contributed by atoms with Crippen LogP contribution in [0.3, 0.4) is 0 Å². The van der Waals surface area contributed by atoms with Crippen LogP contribution in [0.15, 0.2) is 0 Å². The molecule has 0 spiro atoms. The van der Waals surface area contributed by atoms with Crippen LogP contribution in [-0.2, 0) is 13.6 Å². The second-order valence-corrected chi connectivity index (χ2v) is 5.91. The average Bonchev–Trinajstić information content (AvgIpc) is 2.55. The molecule has 1 heterocycles. The summed E-state index contributed by atoms with van der Waals surface area (Å²) in [5.74, 6) is 1.24. The van der Waals surface area contributed by atoms with Gasteiger partial charge in [-0.25, -0.2) is 0 Å². The summed E-state index contributed by atoms with van der Waals surface area (Å²) in [5, 5.41) is 17.1. The van der Waals surface area contributed by atoms with Gasteiger partial charge in [-0.05, 0) is 45.1 Å². The largest absolute Gasteiger partial charge is 0.396 e. The highest BCUT2D eigenvalue weighted by molar-refractivity contribution is 5.23. The Morgan fingerprint density at radius 2 is 2.00 bits per heavy atom. The number of nitrogens with one attached hydrogen (secondary N) is 1. The summed E-state index contributed by atoms with van der Waals surface area (Å²) in [6.45, 7) is 10.8. The highest BCUT2D eigenvalue weighted by atomic mass is 16.3. The zero-order chi connectivity index (χ0) is 14.4. The molecule has 1 aromatic heterocycles. The van der Waals surface area contributed by atoms with E-state index in [1.165, 1.54) is 17.7 Å². The van der Waals surface area contributed by atoms with Gasteiger partial charge in [0.05, 0.1) is 5.69 Å². The molecule has 1 rings (SSSR count). The second kappa shape index (κ2) is 7.65. The first-order valence-electron chi connectivity index (χ1n) is 7.26. The molecular formula is C15H29N3O. The number of nitrogens with zero attached hydrogens (tertiary/aromatic N) is 2. The lowest BCUT2D eigenvalue weighted by atomic mass is 9.94. The summed E-state index contributed by atoms with van der Waals surface area (Å²) >= 11 is 0. The molecule has 0 bridgehead atoms. The fourth-order valence-electron chi connectivity index (χ4n) is 2.63. The SMILES string of the molecule is Cc1nn(C)c(C)c1CNCC(CCO)CC(C)C. The van der Waals surface area contributed by atoms with E-state index in [4.69, 9.17) is 5.11 Å². The zero-order valence-corrected chi connectivity index (χ0v) is 13.0. The van der Waals surface area contributed by atoms with Crippen molar-refractivity contribution < 1.29 is 5.11 Å². The zero-order valence-electron chi connectivity index (χ0n) is 13.0. The smallest absolute Gasteiger partial charge is 0.0641 e. The van der Waals surface area contributed by atoms with Crippen molar-refractivity contribution in [3.05, 3.63) is 17.0 Å². The maximum Gasteiger partial charge on any atom is 0.0641 e. The lowest BCUT2D eigenvalue weighted by molar-refractivity contribution is 0.239. The van der Waals surface area contributed by atoms with Gasteiger partial charge in [-0.2, -0.15) is 5.10 Å². The van der Waals surface area contributed by atoms with Crippen LogP contribution in [0.5, 0.6) is 0 Å². The maximum atomic E-state index is 9.12. The van der Waals surface area contributed by atoms with E-state index in [1.807, 2.05) is 11.7 Å². The quantitative estimate of drug-likeness (QED) is 0.759. The van der Waals surface area contributed by atoms with Gasteiger partial charge in [0, 0.05) is 31.5 Å². The van der Waals surface area contributed by atoms with Gasteiger partial charge in [0.1, 0.15) is 0 Å². The molecule has 0 saturated heterocycles. The molecule has 0 amide bonds. The molecule has 4 heteroatoms. The Morgan fingerprint density at radius 1 is 1.32 bits per heavy atom. The van der Waals surface area contributed by atoms with Crippen molar-refractivity contribution in [3.8, 4) is 0 Å². The summed E-state index contributed by atoms with van der Waals surface area (Å²) < 4.78 is 1.94. The molecule has 2 N–H and O–H groups in total. The molecule has 1 aromatic rings. The number of hydrogen-bond acceptors (Lipinski definition) is 3. The predicted molar refractivity (Wildman–Crippen MR) is 79.0 cm³/mol. The summed E-state index contributed by atoms with van der Waals surface area (Å²) in [6.07, 6.45) is 2.05. The van der Waals surface area contributed by atoms with Crippen LogP contribution in [0.4, 0.5) is 0 Å². The normalized spacial score (nSPS) is 13.2. The molecule has 0 fully saturated rings. The monoisotopic (exact) mass is 267 g/mol. The molecule has 0 aliphatic rings. The number of aryl methyl sites for hydroxylation is 2. The molecule has 19 heavy (non-hydrogen) atoms. The first-order chi connectivity index (χ1) is 8.95. The van der Waals surface area contributed by atoms with Crippen LogP contribution < -0.4 is 5.32 Å². The summed E-state index contributed by atoms with van der Waals surface area (Å²) in [5.41, 5.74) is 3.64. The van der Waals surface area contributed by atoms with Gasteiger partial charge in [0.15, 0.2) is 0 Å². The van der Waals surface area contributed by atoms with E-state index in [9.17, 15) is 0 Å². The van der Waals surface area contributed by atoms with Gasteiger partial charge in [0.2, 0.25) is 0 Å². The number of rotatable bonds is 8. The Balaban J connectivity index is 2.47. The van der Waals surface area contributed by atoms with Crippen LogP contribution in [0, 0.1) is 25.7 Å². The van der Waals surface area contributed by atoms with Gasteiger partial charge >= 0.3 is 0 Å². The Morgan fingerprint density at radius 3 is 2.47 bits per heavy atom. The highest BCUT2D eigenvalue weighted by Crippen LogP contribution is 2.15. The third-order valence-corrected chi connectivity index (χ3v) is 3.74. The lowest BCUT2D eigenvalue weighted by Crippen LogP contribution is -2.25. The minimum absolute atomic E-state index is 0.282. The van der Waals surface area contributed by atoms with Crippen LogP contribution in [0.25, 0.3) is 0 Å². The number of aromatic nitrogens is 2. The third-order valence-electron chi connectivity index (χ3n) is 3.74. The molecule has 0 aromatic carbocycles. The Bertz CT molecular complexity index is 385. The van der Waals surface area contributed by atoms with E-state index >= 15 is 0 Å². The van der Waals surface area contributed by atoms with Crippen molar-refractivity contribution in [3.63, 3.8) is 0 Å². The number of hydrogen-bond donors (Lipinski definition) is 2. The van der Waals surface area contributed by atoms with Crippen LogP contribution in [0.2, 0.25) is 0 Å². The molecular weight excluding hydrogens is 238 g/mol. The fraction of sp³-hybridized carbons (Fsp3) is 0.800. The lowest BCUT2D eigenvalue weighted by Gasteiger charge is -2.18. The van der Waals surface area contributed by atoms with E-state index in [-0.39, 0.29) is 6.61 Å². The standard InChI is InChI=1S/C15H29N3O/c1-11(2)8-14(6-7-19)9-16-10-15-12(3)17-18(5)13(15)4/h11,14,16,19H,6-10H2,1-5H3. The first-order valence-corrected chi connectivity index (χ1v) is 7.26. The minimum Gasteiger partial charge on any atom is -0.396 e. The van der Waals surface area contributed by atoms with E-state index in [0.717, 1.165) is 25.2 Å². The van der Waals surface area contributed by atoms with Crippen molar-refractivity contribution in [2.75, 3.05) is 13.2 Å². The van der Waals surface area contributed by atoms with Gasteiger partial charge in [-0.1, -0.05) is 13.8 Å². The summed E-state index contributed by atoms with van der Waals surface area (Å²) in [7, 11) is 1.99. The summed E-state index contributed by atoms with van der Waals surface area (Å²) in [4.78, 5) is 0. The van der Waals surface area contributed by atoms with Crippen molar-refractivity contribution >= 4 is 0 Å². The van der Waals surface area contributed by atoms with E-state index in [0.29, 0.717) is 11.8 Å². The molecule has 0 saturated carbocycles. The van der Waals surface area contributed by atoms with Crippen molar-refractivity contribution in [1.82, 2.24) is 15.1 Å². The molecule has 0 aliphatic carbocycles. The predicted octanol–water partition coefficient (Wildman–Crippen LogP) is 2.17. The number of aliphatic hydroxyl groups is 1. The van der Waals surface area contributed by atoms with Crippen molar-refractivity contribution in [2.24, 2.45) is 18.9 Å². The van der Waals surface area contributed by atoms with Gasteiger partial charge in [-0.3, -0.25) is 4.68 Å². The minimum atomic E-state index is 0.282. The molecule has 110 valence electrons. The van der Waals surface area contributed by atoms with Gasteiger partial charge in [0.25, 0.3) is 0 Å². The summed E-state index contributed by atoms with van der Waals surface area (Å²) in [6, 6.07) is 0. The van der Waals surface area contributed by atoms with Crippen molar-refractivity contribution in [1.29, 1.82) is 0 Å². The van der Waals surface area contributed by atoms with E-state index in [2.05, 4.69) is 38.1 Å². The van der Waals surface area contributed by atoms with Crippen LogP contribution >= 0.6 is 0 Å². The Labute approximate surface area is 117 Å². The first kappa shape index (κ1) is 16.2. The molecule has 0 radical (unpaired) electrons. The molecule has 0 aliphatic heterocycles. The third kappa shape index (κ3) is 4.96. The van der Waals surface area contributed by atoms with Crippen LogP contribution in [-0.4, -0.2) is 28.0 Å². The Hall–Kier alpha value is -0.870. The number of aliphatic hydroxyl groups excluding tert-OH is 1.